The van der Waals surface area contributed by atoms with Gasteiger partial charge in [-0.2, -0.15) is 4.39 Å². The summed E-state index contributed by atoms with van der Waals surface area (Å²) in [7, 11) is 0. The van der Waals surface area contributed by atoms with Crippen molar-refractivity contribution in [2.75, 3.05) is 0 Å². The Balaban J connectivity index is 2.94. The minimum Gasteiger partial charge on any atom is -0.293 e. The van der Waals surface area contributed by atoms with Crippen molar-refractivity contribution in [3.63, 3.8) is 0 Å². The number of rotatable bonds is 1. The first-order chi connectivity index (χ1) is 4.74. The van der Waals surface area contributed by atoms with Crippen molar-refractivity contribution >= 4 is 12.0 Å². The number of carbonyl (C=O) groups is 1. The number of halogens is 1. The van der Waals surface area contributed by atoms with E-state index in [2.05, 4.69) is 11.6 Å². The fraction of sp³-hybridized carbons (Fsp3) is 0.143. The number of aliphatic imine (C=N–C) groups is 1. The number of allylic oxidation sites excluding steroid dienone is 2. The molecule has 0 saturated heterocycles. The summed E-state index contributed by atoms with van der Waals surface area (Å²) in [6.07, 6.45) is 2.38. The summed E-state index contributed by atoms with van der Waals surface area (Å²) in [6, 6.07) is 0. The van der Waals surface area contributed by atoms with E-state index in [1.807, 2.05) is 0 Å². The number of Topliss-reactive ketones (excluding diaryl/α,β-unsaturated/α-hetero) is 1. The van der Waals surface area contributed by atoms with Gasteiger partial charge in [0.05, 0.1) is 6.21 Å². The minimum atomic E-state index is -0.602. The third kappa shape index (κ3) is 1.18. The molecule has 52 valence electrons. The monoisotopic (exact) mass is 139 g/mol. The molecule has 0 aromatic carbocycles. The molecule has 2 nitrogen and oxygen atoms in total. The van der Waals surface area contributed by atoms with Crippen LogP contribution in [0.2, 0.25) is 0 Å². The molecule has 0 saturated carbocycles. The van der Waals surface area contributed by atoms with Crippen LogP contribution in [0.4, 0.5) is 4.39 Å². The molecule has 10 heavy (non-hydrogen) atoms. The molecule has 0 amide bonds. The van der Waals surface area contributed by atoms with E-state index >= 15 is 0 Å². The van der Waals surface area contributed by atoms with E-state index in [-0.39, 0.29) is 17.8 Å². The topological polar surface area (TPSA) is 29.4 Å². The minimum absolute atomic E-state index is 0.0822. The van der Waals surface area contributed by atoms with E-state index in [9.17, 15) is 9.18 Å². The van der Waals surface area contributed by atoms with Gasteiger partial charge in [-0.05, 0) is 0 Å². The highest BCUT2D eigenvalue weighted by atomic mass is 19.1. The molecule has 0 radical (unpaired) electrons. The van der Waals surface area contributed by atoms with E-state index in [0.29, 0.717) is 0 Å². The van der Waals surface area contributed by atoms with E-state index in [0.717, 1.165) is 6.21 Å². The maximum atomic E-state index is 12.5. The maximum Gasteiger partial charge on any atom is 0.216 e. The summed E-state index contributed by atoms with van der Waals surface area (Å²) in [5, 5.41) is 0. The third-order valence-electron chi connectivity index (χ3n) is 1.20. The van der Waals surface area contributed by atoms with E-state index in [4.69, 9.17) is 0 Å². The second kappa shape index (κ2) is 2.56. The van der Waals surface area contributed by atoms with Crippen molar-refractivity contribution < 1.29 is 9.18 Å². The highest BCUT2D eigenvalue weighted by Gasteiger charge is 2.11. The van der Waals surface area contributed by atoms with Crippen LogP contribution in [0.5, 0.6) is 0 Å². The lowest BCUT2D eigenvalue weighted by Gasteiger charge is -2.02. The molecule has 0 fully saturated rings. The maximum absolute atomic E-state index is 12.5. The highest BCUT2D eigenvalue weighted by Crippen LogP contribution is 2.15. The van der Waals surface area contributed by atoms with Gasteiger partial charge in [0.2, 0.25) is 5.95 Å². The van der Waals surface area contributed by atoms with Crippen LogP contribution in [-0.2, 0) is 4.79 Å². The van der Waals surface area contributed by atoms with Crippen molar-refractivity contribution in [2.24, 2.45) is 4.99 Å². The molecular weight excluding hydrogens is 133 g/mol. The predicted octanol–water partition coefficient (Wildman–Crippen LogP) is 1.40. The number of ketones is 1. The molecule has 0 aromatic rings. The Hall–Kier alpha value is -1.25. The zero-order chi connectivity index (χ0) is 7.56. The molecule has 0 spiro atoms. The normalized spacial score (nSPS) is 17.9. The van der Waals surface area contributed by atoms with Crippen LogP contribution in [0.15, 0.2) is 29.2 Å². The van der Waals surface area contributed by atoms with Crippen LogP contribution in [0.3, 0.4) is 0 Å². The van der Waals surface area contributed by atoms with Crippen LogP contribution >= 0.6 is 0 Å². The van der Waals surface area contributed by atoms with Gasteiger partial charge in [-0.15, -0.1) is 0 Å². The van der Waals surface area contributed by atoms with Gasteiger partial charge < -0.3 is 0 Å². The number of nitrogens with zero attached hydrogens (tertiary/aromatic N) is 1. The predicted molar refractivity (Wildman–Crippen MR) is 36.4 cm³/mol. The molecule has 0 N–H and O–H groups in total. The quantitative estimate of drug-likeness (QED) is 0.505. The Labute approximate surface area is 57.8 Å². The fourth-order valence-corrected chi connectivity index (χ4v) is 0.674. The average molecular weight is 139 g/mol. The van der Waals surface area contributed by atoms with Crippen LogP contribution in [0, 0.1) is 0 Å². The molecule has 1 aliphatic heterocycles. The Morgan fingerprint density at radius 1 is 1.80 bits per heavy atom. The van der Waals surface area contributed by atoms with Gasteiger partial charge in [-0.25, -0.2) is 4.99 Å². The molecular formula is C7H6FNO. The van der Waals surface area contributed by atoms with Crippen molar-refractivity contribution in [1.82, 2.24) is 0 Å². The Morgan fingerprint density at radius 2 is 2.50 bits per heavy atom. The summed E-state index contributed by atoms with van der Waals surface area (Å²) in [6.45, 7) is 3.35. The summed E-state index contributed by atoms with van der Waals surface area (Å²) >= 11 is 0. The summed E-state index contributed by atoms with van der Waals surface area (Å²) < 4.78 is 12.5. The number of carbonyl (C=O) groups excluding carboxylic acids is 1. The second-order valence-electron chi connectivity index (χ2n) is 1.92. The Kier molecular flexibility index (Phi) is 1.76. The Morgan fingerprint density at radius 3 is 3.00 bits per heavy atom. The van der Waals surface area contributed by atoms with Crippen molar-refractivity contribution in [2.45, 2.75) is 6.42 Å². The van der Waals surface area contributed by atoms with E-state index in [1.54, 1.807) is 0 Å². The first-order valence-electron chi connectivity index (χ1n) is 2.82. The first kappa shape index (κ1) is 6.86. The van der Waals surface area contributed by atoms with Gasteiger partial charge in [-0.1, -0.05) is 12.7 Å². The lowest BCUT2D eigenvalue weighted by molar-refractivity contribution is -0.112. The zero-order valence-corrected chi connectivity index (χ0v) is 5.30. The molecule has 1 heterocycles. The molecule has 0 atom stereocenters. The van der Waals surface area contributed by atoms with Crippen molar-refractivity contribution in [3.05, 3.63) is 24.2 Å². The smallest absolute Gasteiger partial charge is 0.216 e. The highest BCUT2D eigenvalue weighted by molar-refractivity contribution is 6.29. The van der Waals surface area contributed by atoms with Crippen LogP contribution in [0.25, 0.3) is 0 Å². The molecule has 1 rings (SSSR count). The standard InChI is InChI=1S/C7H6FNO/c1-2-5-3-6(10)4-9-7(5)8/h2,4H,1,3H2. The van der Waals surface area contributed by atoms with Gasteiger partial charge in [0.15, 0.2) is 5.78 Å². The Bertz CT molecular complexity index is 240. The summed E-state index contributed by atoms with van der Waals surface area (Å²) in [4.78, 5) is 13.8. The fourth-order valence-electron chi connectivity index (χ4n) is 0.674. The number of hydrogen-bond donors (Lipinski definition) is 0. The molecule has 1 aliphatic rings. The first-order valence-corrected chi connectivity index (χ1v) is 2.82. The van der Waals surface area contributed by atoms with Gasteiger partial charge in [-0.3, -0.25) is 4.79 Å². The van der Waals surface area contributed by atoms with Crippen LogP contribution < -0.4 is 0 Å². The molecule has 3 heteroatoms. The second-order valence-corrected chi connectivity index (χ2v) is 1.92. The third-order valence-corrected chi connectivity index (χ3v) is 1.20. The zero-order valence-electron chi connectivity index (χ0n) is 5.30. The average Bonchev–Trinajstić information content (AvgIpc) is 1.94. The van der Waals surface area contributed by atoms with Crippen molar-refractivity contribution in [3.8, 4) is 0 Å². The SMILES string of the molecule is C=CC1=C(F)N=CC(=O)C1. The largest absolute Gasteiger partial charge is 0.293 e. The van der Waals surface area contributed by atoms with E-state index in [1.165, 1.54) is 6.08 Å². The van der Waals surface area contributed by atoms with Gasteiger partial charge in [0.25, 0.3) is 0 Å². The van der Waals surface area contributed by atoms with Crippen LogP contribution in [-0.4, -0.2) is 12.0 Å². The van der Waals surface area contributed by atoms with Gasteiger partial charge in [0, 0.05) is 12.0 Å². The molecule has 0 unspecified atom stereocenters. The summed E-state index contributed by atoms with van der Waals surface area (Å²) in [5.41, 5.74) is 0.271. The van der Waals surface area contributed by atoms with Gasteiger partial charge >= 0.3 is 0 Å². The number of hydrogen-bond acceptors (Lipinski definition) is 2. The lowest BCUT2D eigenvalue weighted by Crippen LogP contribution is -2.05. The van der Waals surface area contributed by atoms with Gasteiger partial charge in [0.1, 0.15) is 0 Å². The van der Waals surface area contributed by atoms with E-state index < -0.39 is 5.95 Å². The summed E-state index contributed by atoms with van der Waals surface area (Å²) in [5.74, 6) is -0.786. The molecule has 0 aromatic heterocycles. The van der Waals surface area contributed by atoms with Crippen molar-refractivity contribution in [1.29, 1.82) is 0 Å². The lowest BCUT2D eigenvalue weighted by atomic mass is 10.1. The molecule has 0 aliphatic carbocycles. The molecule has 0 bridgehead atoms. The van der Waals surface area contributed by atoms with Crippen LogP contribution in [0.1, 0.15) is 6.42 Å².